The van der Waals surface area contributed by atoms with Crippen LogP contribution in [-0.2, 0) is 4.79 Å². The first kappa shape index (κ1) is 15.5. The largest absolute Gasteiger partial charge is 0.325 e. The molecular weight excluding hydrogens is 316 g/mol. The van der Waals surface area contributed by atoms with Crippen LogP contribution >= 0.6 is 27.5 Å². The van der Waals surface area contributed by atoms with Crippen molar-refractivity contribution in [2.45, 2.75) is 33.2 Å². The summed E-state index contributed by atoms with van der Waals surface area (Å²) < 4.78 is 0.842. The fourth-order valence-electron chi connectivity index (χ4n) is 1.43. The minimum absolute atomic E-state index is 0.0243. The Morgan fingerprint density at radius 1 is 1.44 bits per heavy atom. The average Bonchev–Trinajstić information content (AvgIpc) is 2.25. The number of hydrogen-bond donors (Lipinski definition) is 2. The fraction of sp³-hybridized carbons (Fsp3) is 0.462. The van der Waals surface area contributed by atoms with Crippen molar-refractivity contribution in [1.29, 1.82) is 0 Å². The average molecular weight is 334 g/mol. The summed E-state index contributed by atoms with van der Waals surface area (Å²) in [5.41, 5.74) is 1.68. The number of benzene rings is 1. The quantitative estimate of drug-likeness (QED) is 0.862. The maximum Gasteiger partial charge on any atom is 0.225 e. The van der Waals surface area contributed by atoms with Gasteiger partial charge in [-0.3, -0.25) is 4.79 Å². The summed E-state index contributed by atoms with van der Waals surface area (Å²) in [5, 5.41) is 6.69. The topological polar surface area (TPSA) is 41.1 Å². The van der Waals surface area contributed by atoms with Crippen molar-refractivity contribution < 1.29 is 4.79 Å². The Morgan fingerprint density at radius 2 is 2.11 bits per heavy atom. The van der Waals surface area contributed by atoms with Crippen molar-refractivity contribution in [2.24, 2.45) is 0 Å². The van der Waals surface area contributed by atoms with Gasteiger partial charge < -0.3 is 10.6 Å². The van der Waals surface area contributed by atoms with Crippen molar-refractivity contribution in [3.63, 3.8) is 0 Å². The lowest BCUT2D eigenvalue weighted by atomic mass is 10.2. The van der Waals surface area contributed by atoms with Gasteiger partial charge in [-0.2, -0.15) is 0 Å². The van der Waals surface area contributed by atoms with Crippen molar-refractivity contribution in [2.75, 3.05) is 11.9 Å². The van der Waals surface area contributed by atoms with Crippen LogP contribution in [0.25, 0.3) is 0 Å². The van der Waals surface area contributed by atoms with Crippen molar-refractivity contribution in [3.8, 4) is 0 Å². The lowest BCUT2D eigenvalue weighted by molar-refractivity contribution is -0.116. The highest BCUT2D eigenvalue weighted by atomic mass is 79.9. The maximum absolute atomic E-state index is 11.7. The van der Waals surface area contributed by atoms with Gasteiger partial charge in [0, 0.05) is 28.5 Å². The first-order valence-corrected chi connectivity index (χ1v) is 7.06. The van der Waals surface area contributed by atoms with E-state index in [1.807, 2.05) is 26.8 Å². The summed E-state index contributed by atoms with van der Waals surface area (Å²) in [6.45, 7) is 6.69. The van der Waals surface area contributed by atoms with E-state index in [0.29, 0.717) is 29.7 Å². The van der Waals surface area contributed by atoms with Crippen LogP contribution in [-0.4, -0.2) is 18.5 Å². The van der Waals surface area contributed by atoms with Gasteiger partial charge in [-0.15, -0.1) is 0 Å². The molecule has 0 radical (unpaired) electrons. The van der Waals surface area contributed by atoms with Crippen molar-refractivity contribution in [3.05, 3.63) is 27.2 Å². The second-order valence-electron chi connectivity index (χ2n) is 4.49. The molecular formula is C13H18BrClN2O. The number of amides is 1. The normalized spacial score (nSPS) is 10.8. The first-order valence-electron chi connectivity index (χ1n) is 5.89. The molecule has 0 bridgehead atoms. The number of rotatable bonds is 5. The highest BCUT2D eigenvalue weighted by Gasteiger charge is 2.08. The molecule has 1 aromatic rings. The van der Waals surface area contributed by atoms with E-state index in [1.165, 1.54) is 0 Å². The third-order valence-electron chi connectivity index (χ3n) is 2.43. The smallest absolute Gasteiger partial charge is 0.225 e. The van der Waals surface area contributed by atoms with Crippen LogP contribution in [0.3, 0.4) is 0 Å². The predicted molar refractivity (Wildman–Crippen MR) is 80.3 cm³/mol. The van der Waals surface area contributed by atoms with E-state index in [4.69, 9.17) is 11.6 Å². The second-order valence-corrected chi connectivity index (χ2v) is 5.75. The number of carbonyl (C=O) groups is 1. The van der Waals surface area contributed by atoms with Gasteiger partial charge in [0.15, 0.2) is 0 Å². The summed E-state index contributed by atoms with van der Waals surface area (Å²) in [7, 11) is 0. The SMILES string of the molecule is Cc1cc(Br)c(NC(=O)CCNC(C)C)cc1Cl. The van der Waals surface area contributed by atoms with E-state index in [1.54, 1.807) is 6.07 Å². The predicted octanol–water partition coefficient (Wildman–Crippen LogP) is 3.74. The second kappa shape index (κ2) is 7.12. The minimum Gasteiger partial charge on any atom is -0.325 e. The molecule has 100 valence electrons. The third kappa shape index (κ3) is 4.96. The molecule has 5 heteroatoms. The fourth-order valence-corrected chi connectivity index (χ4v) is 2.15. The zero-order chi connectivity index (χ0) is 13.7. The van der Waals surface area contributed by atoms with Crippen LogP contribution in [0.4, 0.5) is 5.69 Å². The highest BCUT2D eigenvalue weighted by molar-refractivity contribution is 9.10. The van der Waals surface area contributed by atoms with Crippen molar-refractivity contribution in [1.82, 2.24) is 5.32 Å². The molecule has 0 aliphatic heterocycles. The number of carbonyl (C=O) groups excluding carboxylic acids is 1. The van der Waals surface area contributed by atoms with E-state index < -0.39 is 0 Å². The Balaban J connectivity index is 2.57. The van der Waals surface area contributed by atoms with Crippen LogP contribution in [0, 0.1) is 6.92 Å². The summed E-state index contributed by atoms with van der Waals surface area (Å²) in [5.74, 6) is -0.0243. The molecule has 0 atom stereocenters. The van der Waals surface area contributed by atoms with Crippen LogP contribution in [0.2, 0.25) is 5.02 Å². The molecule has 18 heavy (non-hydrogen) atoms. The number of hydrogen-bond acceptors (Lipinski definition) is 2. The van der Waals surface area contributed by atoms with E-state index in [2.05, 4.69) is 26.6 Å². The molecule has 3 nitrogen and oxygen atoms in total. The molecule has 0 fully saturated rings. The molecule has 0 aromatic heterocycles. The van der Waals surface area contributed by atoms with Crippen LogP contribution < -0.4 is 10.6 Å². The van der Waals surface area contributed by atoms with Crippen LogP contribution in [0.15, 0.2) is 16.6 Å². The van der Waals surface area contributed by atoms with Gasteiger partial charge in [-0.25, -0.2) is 0 Å². The van der Waals surface area contributed by atoms with E-state index in [-0.39, 0.29) is 5.91 Å². The van der Waals surface area contributed by atoms with Gasteiger partial charge in [-0.1, -0.05) is 25.4 Å². The monoisotopic (exact) mass is 332 g/mol. The third-order valence-corrected chi connectivity index (χ3v) is 3.49. The van der Waals surface area contributed by atoms with Crippen LogP contribution in [0.5, 0.6) is 0 Å². The molecule has 0 saturated heterocycles. The first-order chi connectivity index (χ1) is 8.40. The van der Waals surface area contributed by atoms with E-state index in [0.717, 1.165) is 10.0 Å². The molecule has 0 aliphatic carbocycles. The van der Waals surface area contributed by atoms with Gasteiger partial charge in [-0.05, 0) is 40.5 Å². The molecule has 0 heterocycles. The number of nitrogens with one attached hydrogen (secondary N) is 2. The number of halogens is 2. The summed E-state index contributed by atoms with van der Waals surface area (Å²) in [6, 6.07) is 4.04. The van der Waals surface area contributed by atoms with Gasteiger partial charge >= 0.3 is 0 Å². The summed E-state index contributed by atoms with van der Waals surface area (Å²) in [6.07, 6.45) is 0.441. The molecule has 1 aromatic carbocycles. The molecule has 0 spiro atoms. The van der Waals surface area contributed by atoms with Gasteiger partial charge in [0.2, 0.25) is 5.91 Å². The molecule has 2 N–H and O–H groups in total. The zero-order valence-corrected chi connectivity index (χ0v) is 13.2. The Morgan fingerprint density at radius 3 is 2.72 bits per heavy atom. The maximum atomic E-state index is 11.7. The van der Waals surface area contributed by atoms with Gasteiger partial charge in [0.05, 0.1) is 5.69 Å². The van der Waals surface area contributed by atoms with E-state index in [9.17, 15) is 4.79 Å². The Kier molecular flexibility index (Phi) is 6.12. The van der Waals surface area contributed by atoms with Crippen LogP contribution in [0.1, 0.15) is 25.8 Å². The Hall–Kier alpha value is -0.580. The highest BCUT2D eigenvalue weighted by Crippen LogP contribution is 2.29. The van der Waals surface area contributed by atoms with Crippen molar-refractivity contribution >= 4 is 39.1 Å². The minimum atomic E-state index is -0.0243. The summed E-state index contributed by atoms with van der Waals surface area (Å²) >= 11 is 9.44. The lowest BCUT2D eigenvalue weighted by Crippen LogP contribution is -2.27. The lowest BCUT2D eigenvalue weighted by Gasteiger charge is -2.11. The Labute approximate surface area is 121 Å². The molecule has 1 rings (SSSR count). The Bertz CT molecular complexity index is 435. The zero-order valence-electron chi connectivity index (χ0n) is 10.8. The standard InChI is InChI=1S/C13H18BrClN2O/c1-8(2)16-5-4-13(18)17-12-7-11(15)9(3)6-10(12)14/h6-8,16H,4-5H2,1-3H3,(H,17,18). The number of aryl methyl sites for hydroxylation is 1. The van der Waals surface area contributed by atoms with Gasteiger partial charge in [0.1, 0.15) is 0 Å². The molecule has 0 aliphatic rings. The summed E-state index contributed by atoms with van der Waals surface area (Å²) in [4.78, 5) is 11.7. The van der Waals surface area contributed by atoms with E-state index >= 15 is 0 Å². The molecule has 1 amide bonds. The van der Waals surface area contributed by atoms with Gasteiger partial charge in [0.25, 0.3) is 0 Å². The molecule has 0 unspecified atom stereocenters. The molecule has 0 saturated carbocycles. The number of anilines is 1.